The maximum atomic E-state index is 6.12. The molecule has 21 heavy (non-hydrogen) atoms. The van der Waals surface area contributed by atoms with Crippen LogP contribution in [0.1, 0.15) is 0 Å². The molecule has 3 aromatic rings. The van der Waals surface area contributed by atoms with E-state index in [0.717, 1.165) is 0 Å². The SMILES string of the molecule is Clc1ccccc1Nc1nnc(-c2cccc(Cl)c2Cl)o1. The Bertz CT molecular complexity index is 789. The minimum Gasteiger partial charge on any atom is -0.403 e. The number of halogens is 3. The third-order valence-corrected chi connectivity index (χ3v) is 3.87. The van der Waals surface area contributed by atoms with Gasteiger partial charge in [-0.25, -0.2) is 0 Å². The summed E-state index contributed by atoms with van der Waals surface area (Å²) in [5, 5.41) is 12.2. The summed E-state index contributed by atoms with van der Waals surface area (Å²) in [6, 6.07) is 12.7. The second-order valence-corrected chi connectivity index (χ2v) is 5.31. The molecule has 0 spiro atoms. The Balaban J connectivity index is 1.90. The monoisotopic (exact) mass is 339 g/mol. The van der Waals surface area contributed by atoms with Crippen LogP contribution in [0.25, 0.3) is 11.5 Å². The summed E-state index contributed by atoms with van der Waals surface area (Å²) in [6.07, 6.45) is 0. The fourth-order valence-corrected chi connectivity index (χ4v) is 2.29. The summed E-state index contributed by atoms with van der Waals surface area (Å²) >= 11 is 18.1. The first kappa shape index (κ1) is 14.2. The van der Waals surface area contributed by atoms with Crippen LogP contribution in [0.4, 0.5) is 11.7 Å². The predicted molar refractivity (Wildman–Crippen MR) is 84.5 cm³/mol. The third kappa shape index (κ3) is 2.97. The van der Waals surface area contributed by atoms with Crippen LogP contribution in [-0.2, 0) is 0 Å². The molecule has 2 aromatic carbocycles. The van der Waals surface area contributed by atoms with Crippen molar-refractivity contribution in [2.24, 2.45) is 0 Å². The minimum absolute atomic E-state index is 0.217. The zero-order chi connectivity index (χ0) is 14.8. The highest BCUT2D eigenvalue weighted by molar-refractivity contribution is 6.43. The van der Waals surface area contributed by atoms with Crippen molar-refractivity contribution in [3.63, 3.8) is 0 Å². The molecule has 0 saturated carbocycles. The number of hydrogen-bond acceptors (Lipinski definition) is 4. The Morgan fingerprint density at radius 1 is 0.857 bits per heavy atom. The Hall–Kier alpha value is -1.75. The van der Waals surface area contributed by atoms with Gasteiger partial charge in [-0.3, -0.25) is 0 Å². The molecule has 0 unspecified atom stereocenters. The first-order chi connectivity index (χ1) is 10.1. The van der Waals surface area contributed by atoms with Crippen LogP contribution in [0.5, 0.6) is 0 Å². The van der Waals surface area contributed by atoms with Gasteiger partial charge in [-0.05, 0) is 24.3 Å². The largest absolute Gasteiger partial charge is 0.403 e. The average molecular weight is 341 g/mol. The summed E-state index contributed by atoms with van der Waals surface area (Å²) in [7, 11) is 0. The number of benzene rings is 2. The molecular formula is C14H8Cl3N3O. The van der Waals surface area contributed by atoms with Crippen LogP contribution in [0.3, 0.4) is 0 Å². The van der Waals surface area contributed by atoms with Gasteiger partial charge in [-0.2, -0.15) is 0 Å². The molecule has 7 heteroatoms. The molecule has 0 amide bonds. The van der Waals surface area contributed by atoms with E-state index in [1.165, 1.54) is 0 Å². The molecule has 0 saturated heterocycles. The standard InChI is InChI=1S/C14H8Cl3N3O/c15-9-5-1-2-7-11(9)18-14-20-19-13(21-14)8-4-3-6-10(16)12(8)17/h1-7H,(H,18,20). The quantitative estimate of drug-likeness (QED) is 0.689. The molecule has 3 rings (SSSR count). The van der Waals surface area contributed by atoms with Crippen LogP contribution in [0, 0.1) is 0 Å². The summed E-state index contributed by atoms with van der Waals surface area (Å²) in [6.45, 7) is 0. The summed E-state index contributed by atoms with van der Waals surface area (Å²) in [5.41, 5.74) is 1.25. The highest BCUT2D eigenvalue weighted by Gasteiger charge is 2.14. The topological polar surface area (TPSA) is 51.0 Å². The van der Waals surface area contributed by atoms with Crippen molar-refractivity contribution >= 4 is 46.5 Å². The summed E-state index contributed by atoms with van der Waals surface area (Å²) in [4.78, 5) is 0. The van der Waals surface area contributed by atoms with Gasteiger partial charge in [0.2, 0.25) is 0 Å². The lowest BCUT2D eigenvalue weighted by atomic mass is 10.2. The Kier molecular flexibility index (Phi) is 4.01. The van der Waals surface area contributed by atoms with Crippen LogP contribution in [0.2, 0.25) is 15.1 Å². The van der Waals surface area contributed by atoms with E-state index >= 15 is 0 Å². The molecular weight excluding hydrogens is 333 g/mol. The van der Waals surface area contributed by atoms with Gasteiger partial charge in [-0.15, -0.1) is 5.10 Å². The van der Waals surface area contributed by atoms with Gasteiger partial charge in [-0.1, -0.05) is 58.1 Å². The zero-order valence-electron chi connectivity index (χ0n) is 10.5. The van der Waals surface area contributed by atoms with E-state index in [9.17, 15) is 0 Å². The highest BCUT2D eigenvalue weighted by atomic mass is 35.5. The third-order valence-electron chi connectivity index (χ3n) is 2.72. The lowest BCUT2D eigenvalue weighted by Gasteiger charge is -2.03. The van der Waals surface area contributed by atoms with Crippen molar-refractivity contribution in [1.29, 1.82) is 0 Å². The molecule has 106 valence electrons. The molecule has 4 nitrogen and oxygen atoms in total. The van der Waals surface area contributed by atoms with E-state index < -0.39 is 0 Å². The van der Waals surface area contributed by atoms with Crippen molar-refractivity contribution in [2.45, 2.75) is 0 Å². The first-order valence-corrected chi connectivity index (χ1v) is 7.08. The van der Waals surface area contributed by atoms with E-state index in [4.69, 9.17) is 39.2 Å². The lowest BCUT2D eigenvalue weighted by molar-refractivity contribution is 0.587. The molecule has 1 N–H and O–H groups in total. The maximum absolute atomic E-state index is 6.12. The van der Waals surface area contributed by atoms with Crippen molar-refractivity contribution in [3.8, 4) is 11.5 Å². The second-order valence-electron chi connectivity index (χ2n) is 4.12. The molecule has 0 aliphatic carbocycles. The molecule has 0 aliphatic rings. The van der Waals surface area contributed by atoms with Crippen LogP contribution in [0.15, 0.2) is 46.9 Å². The number of anilines is 2. The summed E-state index contributed by atoms with van der Waals surface area (Å²) in [5.74, 6) is 0.275. The normalized spacial score (nSPS) is 10.6. The van der Waals surface area contributed by atoms with Crippen LogP contribution in [-0.4, -0.2) is 10.2 Å². The van der Waals surface area contributed by atoms with Crippen molar-refractivity contribution in [2.75, 3.05) is 5.32 Å². The zero-order valence-corrected chi connectivity index (χ0v) is 12.7. The molecule has 0 bridgehead atoms. The Morgan fingerprint density at radius 3 is 2.43 bits per heavy atom. The molecule has 0 atom stereocenters. The van der Waals surface area contributed by atoms with Crippen molar-refractivity contribution in [1.82, 2.24) is 10.2 Å². The maximum Gasteiger partial charge on any atom is 0.320 e. The predicted octanol–water partition coefficient (Wildman–Crippen LogP) is 5.44. The number of nitrogens with zero attached hydrogens (tertiary/aromatic N) is 2. The Morgan fingerprint density at radius 2 is 1.62 bits per heavy atom. The smallest absolute Gasteiger partial charge is 0.320 e. The van der Waals surface area contributed by atoms with Gasteiger partial charge in [0.25, 0.3) is 5.89 Å². The van der Waals surface area contributed by atoms with E-state index in [-0.39, 0.29) is 11.9 Å². The fourth-order valence-electron chi connectivity index (χ4n) is 1.73. The molecule has 0 aliphatic heterocycles. The van der Waals surface area contributed by atoms with Gasteiger partial charge in [0.05, 0.1) is 26.3 Å². The summed E-state index contributed by atoms with van der Waals surface area (Å²) < 4.78 is 5.53. The van der Waals surface area contributed by atoms with Crippen molar-refractivity contribution < 1.29 is 4.42 Å². The van der Waals surface area contributed by atoms with E-state index in [1.54, 1.807) is 30.3 Å². The number of hydrogen-bond donors (Lipinski definition) is 1. The number of para-hydroxylation sites is 1. The fraction of sp³-hybridized carbons (Fsp3) is 0. The van der Waals surface area contributed by atoms with Gasteiger partial charge >= 0.3 is 6.01 Å². The molecule has 1 aromatic heterocycles. The van der Waals surface area contributed by atoms with Crippen molar-refractivity contribution in [3.05, 3.63) is 57.5 Å². The highest BCUT2D eigenvalue weighted by Crippen LogP contribution is 2.33. The van der Waals surface area contributed by atoms with E-state index in [1.807, 2.05) is 12.1 Å². The number of aromatic nitrogens is 2. The van der Waals surface area contributed by atoms with Gasteiger partial charge in [0.1, 0.15) is 0 Å². The Labute approximate surface area is 135 Å². The van der Waals surface area contributed by atoms with Gasteiger partial charge < -0.3 is 9.73 Å². The molecule has 0 radical (unpaired) electrons. The molecule has 1 heterocycles. The van der Waals surface area contributed by atoms with Crippen LogP contribution < -0.4 is 5.32 Å². The minimum atomic E-state index is 0.217. The molecule has 0 fully saturated rings. The number of rotatable bonds is 3. The van der Waals surface area contributed by atoms with Gasteiger partial charge in [0, 0.05) is 0 Å². The second kappa shape index (κ2) is 5.93. The number of nitrogens with one attached hydrogen (secondary N) is 1. The first-order valence-electron chi connectivity index (χ1n) is 5.94. The van der Waals surface area contributed by atoms with E-state index in [0.29, 0.717) is 26.3 Å². The van der Waals surface area contributed by atoms with E-state index in [2.05, 4.69) is 15.5 Å². The average Bonchev–Trinajstić information content (AvgIpc) is 2.93. The van der Waals surface area contributed by atoms with Crippen LogP contribution >= 0.6 is 34.8 Å². The lowest BCUT2D eigenvalue weighted by Crippen LogP contribution is -1.90. The van der Waals surface area contributed by atoms with Gasteiger partial charge in [0.15, 0.2) is 0 Å².